The molecule has 0 radical (unpaired) electrons. The van der Waals surface area contributed by atoms with Gasteiger partial charge in [0.1, 0.15) is 0 Å². The third-order valence-corrected chi connectivity index (χ3v) is 6.30. The molecule has 2 aromatic heterocycles. The lowest BCUT2D eigenvalue weighted by Crippen LogP contribution is -2.21. The normalized spacial score (nSPS) is 16.2. The zero-order valence-electron chi connectivity index (χ0n) is 20.2. The molecule has 36 heavy (non-hydrogen) atoms. The van der Waals surface area contributed by atoms with Crippen molar-refractivity contribution >= 4 is 17.1 Å². The van der Waals surface area contributed by atoms with Crippen LogP contribution in [0, 0.1) is 13.8 Å². The van der Waals surface area contributed by atoms with Gasteiger partial charge < -0.3 is 9.64 Å². The van der Waals surface area contributed by atoms with Crippen LogP contribution in [0.25, 0.3) is 11.4 Å². The van der Waals surface area contributed by atoms with Crippen LogP contribution in [-0.2, 0) is 10.9 Å². The fourth-order valence-electron chi connectivity index (χ4n) is 4.39. The zero-order chi connectivity index (χ0) is 25.3. The average Bonchev–Trinajstić information content (AvgIpc) is 3.34. The molecule has 5 rings (SSSR count). The Morgan fingerprint density at radius 3 is 2.06 bits per heavy atom. The summed E-state index contributed by atoms with van der Waals surface area (Å²) >= 11 is 0. The second kappa shape index (κ2) is 9.78. The Labute approximate surface area is 208 Å². The summed E-state index contributed by atoms with van der Waals surface area (Å²) in [7, 11) is 0. The first-order valence-electron chi connectivity index (χ1n) is 12.0. The van der Waals surface area contributed by atoms with Crippen LogP contribution in [0.3, 0.4) is 0 Å². The van der Waals surface area contributed by atoms with E-state index < -0.39 is 18.1 Å². The molecule has 1 fully saturated rings. The van der Waals surface area contributed by atoms with Crippen molar-refractivity contribution in [3.63, 3.8) is 0 Å². The van der Waals surface area contributed by atoms with Crippen LogP contribution >= 0.6 is 0 Å². The first-order chi connectivity index (χ1) is 17.3. The summed E-state index contributed by atoms with van der Waals surface area (Å²) in [6.45, 7) is 4.54. The van der Waals surface area contributed by atoms with Gasteiger partial charge in [-0.2, -0.15) is 18.3 Å². The molecular formula is C28H27F3N4O. The summed E-state index contributed by atoms with van der Waals surface area (Å²) in [5, 5.41) is 3.90. The Morgan fingerprint density at radius 2 is 1.50 bits per heavy atom. The number of ether oxygens (including phenoxy) is 1. The predicted octanol–water partition coefficient (Wildman–Crippen LogP) is 7.75. The van der Waals surface area contributed by atoms with Gasteiger partial charge in [0.15, 0.2) is 11.9 Å². The lowest BCUT2D eigenvalue weighted by molar-refractivity contribution is -0.142. The van der Waals surface area contributed by atoms with Crippen LogP contribution < -0.4 is 4.90 Å². The van der Waals surface area contributed by atoms with Gasteiger partial charge in [-0.3, -0.25) is 4.98 Å². The highest BCUT2D eigenvalue weighted by atomic mass is 19.4. The summed E-state index contributed by atoms with van der Waals surface area (Å²) in [6, 6.07) is 20.9. The van der Waals surface area contributed by atoms with E-state index in [4.69, 9.17) is 4.74 Å². The van der Waals surface area contributed by atoms with E-state index in [1.54, 1.807) is 12.3 Å². The quantitative estimate of drug-likeness (QED) is 0.286. The molecule has 4 aromatic rings. The number of rotatable bonds is 5. The molecule has 0 aliphatic carbocycles. The maximum Gasteiger partial charge on any atom is 0.435 e. The van der Waals surface area contributed by atoms with Crippen molar-refractivity contribution in [2.45, 2.75) is 45.5 Å². The molecule has 0 spiro atoms. The van der Waals surface area contributed by atoms with Gasteiger partial charge in [0.2, 0.25) is 0 Å². The Bertz CT molecular complexity index is 1280. The number of pyridine rings is 1. The molecule has 0 amide bonds. The molecule has 2 aromatic carbocycles. The Morgan fingerprint density at radius 1 is 0.861 bits per heavy atom. The molecule has 1 atom stereocenters. The molecule has 0 N–H and O–H groups in total. The molecule has 1 aliphatic heterocycles. The van der Waals surface area contributed by atoms with Crippen molar-refractivity contribution < 1.29 is 17.9 Å². The van der Waals surface area contributed by atoms with Crippen molar-refractivity contribution in [2.24, 2.45) is 0 Å². The maximum atomic E-state index is 13.6. The molecule has 1 unspecified atom stereocenters. The molecule has 5 nitrogen and oxygen atoms in total. The smallest absolute Gasteiger partial charge is 0.356 e. The molecule has 1 aliphatic rings. The van der Waals surface area contributed by atoms with E-state index in [2.05, 4.69) is 15.0 Å². The van der Waals surface area contributed by atoms with Crippen LogP contribution in [0.15, 0.2) is 72.9 Å². The average molecular weight is 493 g/mol. The number of aryl methyl sites for hydroxylation is 2. The number of anilines is 3. The van der Waals surface area contributed by atoms with Gasteiger partial charge in [0.05, 0.1) is 11.4 Å². The van der Waals surface area contributed by atoms with Gasteiger partial charge >= 0.3 is 6.18 Å². The van der Waals surface area contributed by atoms with Crippen molar-refractivity contribution in [3.05, 3.63) is 89.7 Å². The van der Waals surface area contributed by atoms with E-state index >= 15 is 0 Å². The number of nitrogens with zero attached hydrogens (tertiary/aromatic N) is 4. The number of alkyl halides is 3. The van der Waals surface area contributed by atoms with Gasteiger partial charge in [0, 0.05) is 29.9 Å². The standard InChI is InChI=1S/C28H27F3N4O/c1-19-6-10-21(11-7-19)34(22-12-8-20(2)9-13-22)23-14-15-32-24(17-23)25-18-26(28(29,30)31)33-35(25)27-5-3-4-16-36-27/h6-15,17-18,27H,3-5,16H2,1-2H3. The monoisotopic (exact) mass is 492 g/mol. The fraction of sp³-hybridized carbons (Fsp3) is 0.286. The molecule has 8 heteroatoms. The number of hydrogen-bond acceptors (Lipinski definition) is 4. The van der Waals surface area contributed by atoms with Crippen molar-refractivity contribution in [1.29, 1.82) is 0 Å². The second-order valence-corrected chi connectivity index (χ2v) is 9.08. The van der Waals surface area contributed by atoms with Gasteiger partial charge in [-0.15, -0.1) is 0 Å². The van der Waals surface area contributed by atoms with E-state index in [9.17, 15) is 13.2 Å². The first kappa shape index (κ1) is 24.1. The Kier molecular flexibility index (Phi) is 6.53. The topological polar surface area (TPSA) is 43.2 Å². The van der Waals surface area contributed by atoms with Gasteiger partial charge in [-0.1, -0.05) is 35.4 Å². The minimum Gasteiger partial charge on any atom is -0.356 e. The molecule has 1 saturated heterocycles. The summed E-state index contributed by atoms with van der Waals surface area (Å²) in [6.07, 6.45) is -1.15. The highest BCUT2D eigenvalue weighted by Crippen LogP contribution is 2.38. The number of halogens is 3. The van der Waals surface area contributed by atoms with Crippen LogP contribution in [-0.4, -0.2) is 21.4 Å². The van der Waals surface area contributed by atoms with E-state index in [0.717, 1.165) is 47.1 Å². The van der Waals surface area contributed by atoms with Gasteiger partial charge in [-0.05, 0) is 75.6 Å². The summed E-state index contributed by atoms with van der Waals surface area (Å²) in [4.78, 5) is 6.51. The number of benzene rings is 2. The zero-order valence-corrected chi connectivity index (χ0v) is 20.2. The third-order valence-electron chi connectivity index (χ3n) is 6.30. The Balaban J connectivity index is 1.62. The Hall–Kier alpha value is -3.65. The minimum atomic E-state index is -4.57. The largest absolute Gasteiger partial charge is 0.435 e. The third kappa shape index (κ3) is 4.99. The lowest BCUT2D eigenvalue weighted by atomic mass is 10.1. The molecule has 0 saturated carbocycles. The first-order valence-corrected chi connectivity index (χ1v) is 12.0. The van der Waals surface area contributed by atoms with Crippen LogP contribution in [0.1, 0.15) is 42.3 Å². The van der Waals surface area contributed by atoms with Crippen LogP contribution in [0.2, 0.25) is 0 Å². The molecule has 3 heterocycles. The lowest BCUT2D eigenvalue weighted by Gasteiger charge is -2.27. The molecular weight excluding hydrogens is 465 g/mol. The molecule has 186 valence electrons. The maximum absolute atomic E-state index is 13.6. The van der Waals surface area contributed by atoms with E-state index in [0.29, 0.717) is 18.7 Å². The second-order valence-electron chi connectivity index (χ2n) is 9.08. The summed E-state index contributed by atoms with van der Waals surface area (Å²) in [5.41, 5.74) is 4.63. The predicted molar refractivity (Wildman–Crippen MR) is 133 cm³/mol. The van der Waals surface area contributed by atoms with Crippen LogP contribution in [0.5, 0.6) is 0 Å². The van der Waals surface area contributed by atoms with Gasteiger partial charge in [-0.25, -0.2) is 4.68 Å². The minimum absolute atomic E-state index is 0.281. The highest BCUT2D eigenvalue weighted by molar-refractivity contribution is 5.78. The SMILES string of the molecule is Cc1ccc(N(c2ccc(C)cc2)c2ccnc(-c3cc(C(F)(F)F)nn3C3CCCCO3)c2)cc1. The number of aromatic nitrogens is 3. The van der Waals surface area contributed by atoms with Crippen molar-refractivity contribution in [2.75, 3.05) is 11.5 Å². The van der Waals surface area contributed by atoms with E-state index in [1.807, 2.05) is 68.4 Å². The number of hydrogen-bond donors (Lipinski definition) is 0. The molecule has 0 bridgehead atoms. The fourth-order valence-corrected chi connectivity index (χ4v) is 4.39. The van der Waals surface area contributed by atoms with Gasteiger partial charge in [0.25, 0.3) is 0 Å². The summed E-state index contributed by atoms with van der Waals surface area (Å²) < 4.78 is 48.0. The van der Waals surface area contributed by atoms with Crippen molar-refractivity contribution in [1.82, 2.24) is 14.8 Å². The van der Waals surface area contributed by atoms with Crippen LogP contribution in [0.4, 0.5) is 30.2 Å². The van der Waals surface area contributed by atoms with E-state index in [1.165, 1.54) is 4.68 Å². The van der Waals surface area contributed by atoms with E-state index in [-0.39, 0.29) is 5.69 Å². The summed E-state index contributed by atoms with van der Waals surface area (Å²) in [5.74, 6) is 0. The van der Waals surface area contributed by atoms with Crippen molar-refractivity contribution in [3.8, 4) is 11.4 Å². The highest BCUT2D eigenvalue weighted by Gasteiger charge is 2.36.